The van der Waals surface area contributed by atoms with Gasteiger partial charge in [-0.25, -0.2) is 19.9 Å². The summed E-state index contributed by atoms with van der Waals surface area (Å²) in [6.45, 7) is 4.10. The number of rotatable bonds is 2. The summed E-state index contributed by atoms with van der Waals surface area (Å²) in [6, 6.07) is 5.63. The second-order valence-electron chi connectivity index (χ2n) is 4.94. The molecular weight excluding hydrogens is 312 g/mol. The molecular formula is C16H17ClN6. The van der Waals surface area contributed by atoms with Gasteiger partial charge < -0.3 is 9.97 Å². The van der Waals surface area contributed by atoms with Crippen LogP contribution in [0.25, 0.3) is 22.3 Å². The van der Waals surface area contributed by atoms with Gasteiger partial charge in [0, 0.05) is 25.2 Å². The fourth-order valence-electron chi connectivity index (χ4n) is 2.16. The molecule has 0 aromatic carbocycles. The van der Waals surface area contributed by atoms with Crippen molar-refractivity contribution in [1.29, 1.82) is 0 Å². The zero-order valence-electron chi connectivity index (χ0n) is 13.0. The Hall–Kier alpha value is -2.47. The van der Waals surface area contributed by atoms with Crippen LogP contribution in [0.3, 0.4) is 0 Å². The first-order chi connectivity index (χ1) is 11.2. The number of nitrogens with one attached hydrogen (secondary N) is 2. The highest BCUT2D eigenvalue weighted by Crippen LogP contribution is 2.18. The Morgan fingerprint density at radius 3 is 2.30 bits per heavy atom. The molecule has 7 heteroatoms. The number of imidazole rings is 2. The summed E-state index contributed by atoms with van der Waals surface area (Å²) in [7, 11) is 0. The van der Waals surface area contributed by atoms with Crippen LogP contribution in [-0.2, 0) is 12.8 Å². The van der Waals surface area contributed by atoms with Gasteiger partial charge in [-0.3, -0.25) is 0 Å². The standard InChI is InChI=1S/C8H8ClN3.C8H9N3/c1-2-6-11-7-5(9)3-4-10-8(7)12-6;1-2-7-10-6-4-3-5-9-8(6)11-7/h3-4H,2H2,1H3,(H,10,11,12);3-5H,2H2,1H3,(H,9,10,11). The highest BCUT2D eigenvalue weighted by Gasteiger charge is 2.04. The van der Waals surface area contributed by atoms with Crippen molar-refractivity contribution < 1.29 is 0 Å². The molecule has 0 aliphatic heterocycles. The number of aromatic nitrogens is 6. The van der Waals surface area contributed by atoms with E-state index in [0.29, 0.717) is 10.7 Å². The van der Waals surface area contributed by atoms with Gasteiger partial charge in [-0.2, -0.15) is 0 Å². The minimum absolute atomic E-state index is 0.673. The molecule has 0 amide bonds. The number of H-pyrrole nitrogens is 2. The Morgan fingerprint density at radius 2 is 1.61 bits per heavy atom. The van der Waals surface area contributed by atoms with E-state index in [2.05, 4.69) is 36.8 Å². The maximum absolute atomic E-state index is 5.92. The monoisotopic (exact) mass is 328 g/mol. The number of hydrogen-bond acceptors (Lipinski definition) is 4. The smallest absolute Gasteiger partial charge is 0.179 e. The molecule has 4 heterocycles. The van der Waals surface area contributed by atoms with Crippen molar-refractivity contribution in [2.45, 2.75) is 26.7 Å². The third-order valence-corrected chi connectivity index (χ3v) is 3.68. The van der Waals surface area contributed by atoms with Crippen molar-refractivity contribution in [3.8, 4) is 0 Å². The van der Waals surface area contributed by atoms with E-state index in [4.69, 9.17) is 11.6 Å². The van der Waals surface area contributed by atoms with Crippen molar-refractivity contribution >= 4 is 33.9 Å². The van der Waals surface area contributed by atoms with Crippen LogP contribution >= 0.6 is 11.6 Å². The van der Waals surface area contributed by atoms with Gasteiger partial charge in [-0.15, -0.1) is 0 Å². The zero-order chi connectivity index (χ0) is 16.2. The van der Waals surface area contributed by atoms with Crippen molar-refractivity contribution in [1.82, 2.24) is 29.9 Å². The van der Waals surface area contributed by atoms with Crippen molar-refractivity contribution in [2.75, 3.05) is 0 Å². The zero-order valence-corrected chi connectivity index (χ0v) is 13.7. The Morgan fingerprint density at radius 1 is 0.913 bits per heavy atom. The molecule has 6 nitrogen and oxygen atoms in total. The van der Waals surface area contributed by atoms with Crippen LogP contribution in [0.15, 0.2) is 30.6 Å². The van der Waals surface area contributed by atoms with Crippen molar-refractivity contribution in [2.24, 2.45) is 0 Å². The van der Waals surface area contributed by atoms with Crippen LogP contribution in [0.5, 0.6) is 0 Å². The second-order valence-corrected chi connectivity index (χ2v) is 5.35. The number of halogens is 1. The third-order valence-electron chi connectivity index (χ3n) is 3.37. The summed E-state index contributed by atoms with van der Waals surface area (Å²) < 4.78 is 0. The van der Waals surface area contributed by atoms with Gasteiger partial charge in [0.05, 0.1) is 10.5 Å². The maximum Gasteiger partial charge on any atom is 0.179 e. The molecule has 4 aromatic heterocycles. The minimum Gasteiger partial charge on any atom is -0.341 e. The van der Waals surface area contributed by atoms with Crippen LogP contribution < -0.4 is 0 Å². The van der Waals surface area contributed by atoms with E-state index in [1.165, 1.54) is 0 Å². The van der Waals surface area contributed by atoms with Crippen LogP contribution in [0.2, 0.25) is 5.02 Å². The number of aromatic amines is 2. The number of aryl methyl sites for hydroxylation is 2. The first-order valence-electron chi connectivity index (χ1n) is 7.50. The summed E-state index contributed by atoms with van der Waals surface area (Å²) in [4.78, 5) is 23.0. The lowest BCUT2D eigenvalue weighted by Gasteiger charge is -1.88. The lowest BCUT2D eigenvalue weighted by atomic mass is 10.4. The predicted molar refractivity (Wildman–Crippen MR) is 91.5 cm³/mol. The normalized spacial score (nSPS) is 10.7. The van der Waals surface area contributed by atoms with E-state index >= 15 is 0 Å². The van der Waals surface area contributed by atoms with Crippen LogP contribution in [0.1, 0.15) is 25.5 Å². The van der Waals surface area contributed by atoms with Gasteiger partial charge in [-0.1, -0.05) is 25.4 Å². The molecule has 23 heavy (non-hydrogen) atoms. The highest BCUT2D eigenvalue weighted by molar-refractivity contribution is 6.34. The maximum atomic E-state index is 5.92. The van der Waals surface area contributed by atoms with Crippen molar-refractivity contribution in [3.63, 3.8) is 0 Å². The Balaban J connectivity index is 0.000000136. The largest absolute Gasteiger partial charge is 0.341 e. The lowest BCUT2D eigenvalue weighted by Crippen LogP contribution is -1.79. The molecule has 0 fully saturated rings. The average molecular weight is 329 g/mol. The number of nitrogens with zero attached hydrogens (tertiary/aromatic N) is 4. The quantitative estimate of drug-likeness (QED) is 0.587. The Labute approximate surface area is 138 Å². The minimum atomic E-state index is 0.673. The van der Waals surface area contributed by atoms with Gasteiger partial charge in [0.15, 0.2) is 11.3 Å². The molecule has 4 aromatic rings. The van der Waals surface area contributed by atoms with Crippen LogP contribution in [0.4, 0.5) is 0 Å². The van der Waals surface area contributed by atoms with Gasteiger partial charge in [0.2, 0.25) is 0 Å². The van der Waals surface area contributed by atoms with E-state index in [9.17, 15) is 0 Å². The van der Waals surface area contributed by atoms with Gasteiger partial charge in [0.1, 0.15) is 17.2 Å². The van der Waals surface area contributed by atoms with E-state index in [0.717, 1.165) is 41.2 Å². The predicted octanol–water partition coefficient (Wildman–Crippen LogP) is 3.69. The average Bonchev–Trinajstić information content (AvgIpc) is 3.19. The molecule has 0 saturated heterocycles. The summed E-state index contributed by atoms with van der Waals surface area (Å²) in [5.41, 5.74) is 3.35. The molecule has 0 spiro atoms. The molecule has 0 bridgehead atoms. The molecule has 118 valence electrons. The first kappa shape index (κ1) is 15.4. The molecule has 0 aliphatic carbocycles. The molecule has 0 atom stereocenters. The molecule has 0 saturated carbocycles. The summed E-state index contributed by atoms with van der Waals surface area (Å²) in [5.74, 6) is 1.92. The fraction of sp³-hybridized carbons (Fsp3) is 0.250. The molecule has 4 rings (SSSR count). The second kappa shape index (κ2) is 6.75. The van der Waals surface area contributed by atoms with Crippen LogP contribution in [0, 0.1) is 0 Å². The van der Waals surface area contributed by atoms with E-state index in [1.54, 1.807) is 18.5 Å². The highest BCUT2D eigenvalue weighted by atomic mass is 35.5. The summed E-state index contributed by atoms with van der Waals surface area (Å²) in [6.07, 6.45) is 5.20. The molecule has 0 unspecified atom stereocenters. The van der Waals surface area contributed by atoms with E-state index < -0.39 is 0 Å². The van der Waals surface area contributed by atoms with Gasteiger partial charge >= 0.3 is 0 Å². The topological polar surface area (TPSA) is 83.1 Å². The van der Waals surface area contributed by atoms with Gasteiger partial charge in [0.25, 0.3) is 0 Å². The summed E-state index contributed by atoms with van der Waals surface area (Å²) in [5, 5.41) is 0.673. The van der Waals surface area contributed by atoms with Gasteiger partial charge in [-0.05, 0) is 18.2 Å². The number of fused-ring (bicyclic) bond motifs is 2. The molecule has 0 aliphatic rings. The molecule has 0 radical (unpaired) electrons. The van der Waals surface area contributed by atoms with Crippen LogP contribution in [-0.4, -0.2) is 29.9 Å². The molecule has 2 N–H and O–H groups in total. The van der Waals surface area contributed by atoms with Crippen molar-refractivity contribution in [3.05, 3.63) is 47.3 Å². The van der Waals surface area contributed by atoms with E-state index in [1.807, 2.05) is 19.1 Å². The number of pyridine rings is 2. The number of hydrogen-bond donors (Lipinski definition) is 2. The SMILES string of the molecule is CCc1nc2nccc(Cl)c2[nH]1.CCc1nc2ncccc2[nH]1. The first-order valence-corrected chi connectivity index (χ1v) is 7.87. The Kier molecular flexibility index (Phi) is 4.52. The Bertz CT molecular complexity index is 894. The fourth-order valence-corrected chi connectivity index (χ4v) is 2.35. The lowest BCUT2D eigenvalue weighted by molar-refractivity contribution is 0.997. The third kappa shape index (κ3) is 3.32. The summed E-state index contributed by atoms with van der Waals surface area (Å²) >= 11 is 5.92. The van der Waals surface area contributed by atoms with E-state index in [-0.39, 0.29) is 0 Å².